The van der Waals surface area contributed by atoms with Gasteiger partial charge < -0.3 is 19.8 Å². The molecule has 0 bridgehead atoms. The number of nitrogens with one attached hydrogen (secondary N) is 1. The van der Waals surface area contributed by atoms with E-state index >= 15 is 0 Å². The van der Waals surface area contributed by atoms with E-state index in [1.807, 2.05) is 21.1 Å². The SMILES string of the molecule is CC/C=C\C/C=C\C/C=C\C/C=C\C/C=C\C/C=C\CCCCCCCCCCCCCCCCCCCCCCCCC(=O)NC(COP(=O)(O)OCC[N+](C)(C)C)C(O)CCCCCCCCCCCCCCCCCCCCC. The number of hydrogen-bond acceptors (Lipinski definition) is 5. The number of allylic oxidation sites excluding steroid dienone is 12. The third kappa shape index (κ3) is 65.5. The Bertz CT molecular complexity index is 1570. The van der Waals surface area contributed by atoms with Crippen LogP contribution in [-0.2, 0) is 18.4 Å². The second-order valence-corrected chi connectivity index (χ2v) is 26.7. The minimum atomic E-state index is -4.33. The number of likely N-dealkylation sites (N-methyl/N-ethyl adjacent to an activating group) is 1. The molecule has 0 spiro atoms. The molecule has 82 heavy (non-hydrogen) atoms. The van der Waals surface area contributed by atoms with Gasteiger partial charge in [-0.05, 0) is 64.2 Å². The summed E-state index contributed by atoms with van der Waals surface area (Å²) in [4.78, 5) is 23.4. The number of phosphoric ester groups is 1. The zero-order valence-electron chi connectivity index (χ0n) is 55.0. The van der Waals surface area contributed by atoms with E-state index in [2.05, 4.69) is 92.1 Å². The smallest absolute Gasteiger partial charge is 0.391 e. The Morgan fingerprint density at radius 3 is 1.07 bits per heavy atom. The van der Waals surface area contributed by atoms with Gasteiger partial charge in [-0.1, -0.05) is 337 Å². The van der Waals surface area contributed by atoms with Crippen molar-refractivity contribution in [1.29, 1.82) is 0 Å². The fraction of sp³-hybridized carbons (Fsp3) is 0.822. The molecular weight excluding hydrogens is 1030 g/mol. The highest BCUT2D eigenvalue weighted by molar-refractivity contribution is 7.47. The van der Waals surface area contributed by atoms with Gasteiger partial charge in [0.2, 0.25) is 5.91 Å². The first kappa shape index (κ1) is 79.9. The van der Waals surface area contributed by atoms with Gasteiger partial charge in [-0.25, -0.2) is 4.57 Å². The highest BCUT2D eigenvalue weighted by Gasteiger charge is 2.28. The lowest BCUT2D eigenvalue weighted by atomic mass is 10.0. The third-order valence-corrected chi connectivity index (χ3v) is 17.0. The summed E-state index contributed by atoms with van der Waals surface area (Å²) in [6, 6.07) is -0.761. The lowest BCUT2D eigenvalue weighted by molar-refractivity contribution is -0.870. The monoisotopic (exact) mass is 1170 g/mol. The van der Waals surface area contributed by atoms with Crippen molar-refractivity contribution in [3.63, 3.8) is 0 Å². The molecule has 0 aliphatic rings. The summed E-state index contributed by atoms with van der Waals surface area (Å²) in [6.07, 6.45) is 88.7. The number of carbonyl (C=O) groups excluding carboxylic acids is 1. The Hall–Kier alpha value is -2.06. The molecule has 480 valence electrons. The third-order valence-electron chi connectivity index (χ3n) is 16.0. The summed E-state index contributed by atoms with van der Waals surface area (Å²) >= 11 is 0. The number of rotatable bonds is 65. The van der Waals surface area contributed by atoms with E-state index in [9.17, 15) is 19.4 Å². The van der Waals surface area contributed by atoms with Crippen molar-refractivity contribution in [3.05, 3.63) is 72.9 Å². The van der Waals surface area contributed by atoms with Crippen LogP contribution in [-0.4, -0.2) is 73.4 Å². The van der Waals surface area contributed by atoms with Crippen LogP contribution in [0.1, 0.15) is 335 Å². The van der Waals surface area contributed by atoms with Crippen LogP contribution in [0.15, 0.2) is 72.9 Å². The van der Waals surface area contributed by atoms with E-state index in [0.29, 0.717) is 23.9 Å². The van der Waals surface area contributed by atoms with Crippen LogP contribution in [0.25, 0.3) is 0 Å². The number of phosphoric acid groups is 1. The highest BCUT2D eigenvalue weighted by atomic mass is 31.2. The van der Waals surface area contributed by atoms with Crippen molar-refractivity contribution in [2.45, 2.75) is 347 Å². The maximum absolute atomic E-state index is 13.1. The largest absolute Gasteiger partial charge is 0.472 e. The van der Waals surface area contributed by atoms with Crippen LogP contribution >= 0.6 is 7.82 Å². The Labute approximate surface area is 510 Å². The standard InChI is InChI=1S/C73H137N2O6P/c1-6-8-10-12-14-16-18-20-22-24-26-27-28-29-30-31-32-33-34-35-36-37-38-39-40-41-42-43-44-45-46-47-49-51-53-55-57-59-61-63-65-67-73(77)74-71(70-81-82(78,79)80-69-68-75(3,4)5)72(76)66-64-62-60-58-56-54-52-50-48-25-23-21-19-17-15-13-11-9-7-2/h8,10,14,16,20,22,26-27,29-30,32-33,71-72,76H,6-7,9,11-13,15,17-19,21,23-25,28,31,34-70H2,1-5H3,(H-,74,77,78,79)/p+1/b10-8-,16-14-,22-20-,27-26-,30-29-,33-32-. The maximum atomic E-state index is 13.1. The van der Waals surface area contributed by atoms with Gasteiger partial charge in [-0.2, -0.15) is 0 Å². The number of aliphatic hydroxyl groups is 1. The number of aliphatic hydroxyl groups excluding tert-OH is 1. The van der Waals surface area contributed by atoms with Gasteiger partial charge in [0.05, 0.1) is 39.9 Å². The Morgan fingerprint density at radius 2 is 0.732 bits per heavy atom. The van der Waals surface area contributed by atoms with Crippen LogP contribution in [0, 0.1) is 0 Å². The zero-order chi connectivity index (χ0) is 59.8. The van der Waals surface area contributed by atoms with Crippen molar-refractivity contribution in [1.82, 2.24) is 5.32 Å². The Kier molecular flexibility index (Phi) is 61.8. The quantitative estimate of drug-likeness (QED) is 0.0243. The van der Waals surface area contributed by atoms with E-state index in [-0.39, 0.29) is 19.1 Å². The normalized spacial score (nSPS) is 14.1. The van der Waals surface area contributed by atoms with E-state index in [1.54, 1.807) is 0 Å². The molecule has 3 unspecified atom stereocenters. The number of quaternary nitrogens is 1. The average molecular weight is 1170 g/mol. The van der Waals surface area contributed by atoms with Gasteiger partial charge in [-0.3, -0.25) is 13.8 Å². The first-order chi connectivity index (χ1) is 40.0. The molecule has 0 heterocycles. The van der Waals surface area contributed by atoms with Crippen LogP contribution in [0.2, 0.25) is 0 Å². The van der Waals surface area contributed by atoms with Gasteiger partial charge in [-0.15, -0.1) is 0 Å². The molecule has 0 aliphatic heterocycles. The lowest BCUT2D eigenvalue weighted by Crippen LogP contribution is -2.46. The van der Waals surface area contributed by atoms with Crippen LogP contribution in [0.4, 0.5) is 0 Å². The number of amides is 1. The van der Waals surface area contributed by atoms with Gasteiger partial charge in [0, 0.05) is 6.42 Å². The lowest BCUT2D eigenvalue weighted by Gasteiger charge is -2.26. The Balaban J connectivity index is 3.91. The van der Waals surface area contributed by atoms with E-state index < -0.39 is 20.0 Å². The molecule has 3 N–H and O–H groups in total. The van der Waals surface area contributed by atoms with Gasteiger partial charge in [0.15, 0.2) is 0 Å². The second-order valence-electron chi connectivity index (χ2n) is 25.2. The first-order valence-electron chi connectivity index (χ1n) is 35.3. The summed E-state index contributed by atoms with van der Waals surface area (Å²) in [6.45, 7) is 4.81. The molecule has 0 saturated heterocycles. The summed E-state index contributed by atoms with van der Waals surface area (Å²) in [5.74, 6) is -0.139. The van der Waals surface area contributed by atoms with Gasteiger partial charge in [0.1, 0.15) is 13.2 Å². The molecule has 1 amide bonds. The van der Waals surface area contributed by atoms with Crippen LogP contribution < -0.4 is 5.32 Å². The average Bonchev–Trinajstić information content (AvgIpc) is 3.47. The molecule has 0 aromatic carbocycles. The van der Waals surface area contributed by atoms with Gasteiger partial charge in [0.25, 0.3) is 0 Å². The molecule has 0 radical (unpaired) electrons. The predicted octanol–water partition coefficient (Wildman–Crippen LogP) is 22.6. The molecule has 9 heteroatoms. The van der Waals surface area contributed by atoms with Crippen molar-refractivity contribution in [2.75, 3.05) is 40.9 Å². The van der Waals surface area contributed by atoms with Crippen molar-refractivity contribution < 1.29 is 32.9 Å². The molecule has 0 aliphatic carbocycles. The van der Waals surface area contributed by atoms with Crippen molar-refractivity contribution in [3.8, 4) is 0 Å². The summed E-state index contributed by atoms with van der Waals surface area (Å²) in [5.41, 5.74) is 0. The van der Waals surface area contributed by atoms with Gasteiger partial charge >= 0.3 is 7.82 Å². The molecule has 0 aromatic heterocycles. The molecular formula is C73H138N2O6P+. The fourth-order valence-electron chi connectivity index (χ4n) is 10.5. The van der Waals surface area contributed by atoms with Crippen molar-refractivity contribution in [2.24, 2.45) is 0 Å². The molecule has 0 fully saturated rings. The van der Waals surface area contributed by atoms with Crippen LogP contribution in [0.5, 0.6) is 0 Å². The highest BCUT2D eigenvalue weighted by Crippen LogP contribution is 2.43. The maximum Gasteiger partial charge on any atom is 0.472 e. The van der Waals surface area contributed by atoms with Crippen LogP contribution in [0.3, 0.4) is 0 Å². The van der Waals surface area contributed by atoms with E-state index in [4.69, 9.17) is 9.05 Å². The Morgan fingerprint density at radius 1 is 0.427 bits per heavy atom. The number of nitrogens with zero attached hydrogens (tertiary/aromatic N) is 1. The fourth-order valence-corrected chi connectivity index (χ4v) is 11.3. The summed E-state index contributed by atoms with van der Waals surface area (Å²) in [7, 11) is 1.63. The summed E-state index contributed by atoms with van der Waals surface area (Å²) < 4.78 is 23.9. The topological polar surface area (TPSA) is 105 Å². The number of hydrogen-bond donors (Lipinski definition) is 3. The molecule has 8 nitrogen and oxygen atoms in total. The second kappa shape index (κ2) is 63.4. The number of unbranched alkanes of at least 4 members (excludes halogenated alkanes) is 40. The molecule has 0 saturated carbocycles. The minimum absolute atomic E-state index is 0.0756. The van der Waals surface area contributed by atoms with E-state index in [1.165, 1.54) is 231 Å². The number of carbonyl (C=O) groups is 1. The van der Waals surface area contributed by atoms with Crippen molar-refractivity contribution >= 4 is 13.7 Å². The zero-order valence-corrected chi connectivity index (χ0v) is 55.9. The predicted molar refractivity (Wildman–Crippen MR) is 360 cm³/mol. The first-order valence-corrected chi connectivity index (χ1v) is 36.8. The molecule has 0 aromatic rings. The molecule has 0 rings (SSSR count). The molecule has 3 atom stereocenters. The minimum Gasteiger partial charge on any atom is -0.391 e. The van der Waals surface area contributed by atoms with E-state index in [0.717, 1.165) is 77.0 Å². The summed E-state index contributed by atoms with van der Waals surface area (Å²) in [5, 5.41) is 14.1.